The molecule has 0 aromatic heterocycles. The highest BCUT2D eigenvalue weighted by molar-refractivity contribution is 5.95. The Labute approximate surface area is 185 Å². The van der Waals surface area contributed by atoms with Crippen LogP contribution in [0.25, 0.3) is 0 Å². The van der Waals surface area contributed by atoms with Gasteiger partial charge in [-0.3, -0.25) is 14.5 Å². The number of amides is 2. The molecule has 2 saturated heterocycles. The molecule has 5 nitrogen and oxygen atoms in total. The first-order valence-electron chi connectivity index (χ1n) is 11.5. The lowest BCUT2D eigenvalue weighted by Crippen LogP contribution is -2.48. The van der Waals surface area contributed by atoms with Crippen LogP contribution in [0.3, 0.4) is 0 Å². The van der Waals surface area contributed by atoms with E-state index in [1.165, 1.54) is 11.1 Å². The first kappa shape index (κ1) is 21.6. The summed E-state index contributed by atoms with van der Waals surface area (Å²) in [5, 5.41) is 0. The van der Waals surface area contributed by atoms with Crippen molar-refractivity contribution in [3.8, 4) is 0 Å². The second-order valence-electron chi connectivity index (χ2n) is 9.04. The van der Waals surface area contributed by atoms with Gasteiger partial charge in [0.05, 0.1) is 0 Å². The first-order chi connectivity index (χ1) is 15.0. The molecule has 164 valence electrons. The zero-order valence-electron chi connectivity index (χ0n) is 18.7. The Morgan fingerprint density at radius 3 is 1.71 bits per heavy atom. The Morgan fingerprint density at radius 2 is 1.19 bits per heavy atom. The van der Waals surface area contributed by atoms with Crippen molar-refractivity contribution in [2.45, 2.75) is 39.2 Å². The molecular formula is C26H33N3O2. The summed E-state index contributed by atoms with van der Waals surface area (Å²) >= 11 is 0. The Balaban J connectivity index is 1.28. The third-order valence-corrected chi connectivity index (χ3v) is 6.48. The third kappa shape index (κ3) is 5.16. The smallest absolute Gasteiger partial charge is 0.253 e. The molecule has 2 aromatic rings. The van der Waals surface area contributed by atoms with Gasteiger partial charge in [-0.25, -0.2) is 0 Å². The van der Waals surface area contributed by atoms with E-state index in [0.29, 0.717) is 5.92 Å². The Hall–Kier alpha value is -2.66. The summed E-state index contributed by atoms with van der Waals surface area (Å²) in [6.07, 6.45) is 2.23. The van der Waals surface area contributed by atoms with E-state index < -0.39 is 0 Å². The van der Waals surface area contributed by atoms with Gasteiger partial charge in [0.1, 0.15) is 0 Å². The van der Waals surface area contributed by atoms with E-state index in [2.05, 4.69) is 43.0 Å². The number of likely N-dealkylation sites (tertiary alicyclic amines) is 1. The molecule has 0 spiro atoms. The number of rotatable bonds is 5. The van der Waals surface area contributed by atoms with Crippen molar-refractivity contribution in [3.63, 3.8) is 0 Å². The highest BCUT2D eigenvalue weighted by Crippen LogP contribution is 2.18. The van der Waals surface area contributed by atoms with E-state index in [1.54, 1.807) is 0 Å². The molecule has 2 aromatic carbocycles. The first-order valence-corrected chi connectivity index (χ1v) is 11.5. The fourth-order valence-corrected chi connectivity index (χ4v) is 4.42. The van der Waals surface area contributed by atoms with Gasteiger partial charge in [-0.05, 0) is 54.2 Å². The zero-order chi connectivity index (χ0) is 21.8. The fourth-order valence-electron chi connectivity index (χ4n) is 4.42. The third-order valence-electron chi connectivity index (χ3n) is 6.48. The molecule has 2 heterocycles. The predicted molar refractivity (Wildman–Crippen MR) is 123 cm³/mol. The van der Waals surface area contributed by atoms with E-state index in [1.807, 2.05) is 34.1 Å². The highest BCUT2D eigenvalue weighted by atomic mass is 16.2. The van der Waals surface area contributed by atoms with Gasteiger partial charge < -0.3 is 9.80 Å². The van der Waals surface area contributed by atoms with Gasteiger partial charge >= 0.3 is 0 Å². The Kier molecular flexibility index (Phi) is 6.71. The number of carbonyl (C=O) groups excluding carboxylic acids is 2. The zero-order valence-corrected chi connectivity index (χ0v) is 18.7. The molecule has 2 fully saturated rings. The molecular weight excluding hydrogens is 386 g/mol. The molecule has 0 N–H and O–H groups in total. The van der Waals surface area contributed by atoms with Gasteiger partial charge in [-0.15, -0.1) is 0 Å². The van der Waals surface area contributed by atoms with Crippen molar-refractivity contribution >= 4 is 11.8 Å². The molecule has 4 rings (SSSR count). The van der Waals surface area contributed by atoms with Crippen LogP contribution in [0.5, 0.6) is 0 Å². The molecule has 2 aliphatic heterocycles. The summed E-state index contributed by atoms with van der Waals surface area (Å²) in [5.74, 6) is 0.748. The number of hydrogen-bond donors (Lipinski definition) is 0. The van der Waals surface area contributed by atoms with E-state index in [9.17, 15) is 9.59 Å². The summed E-state index contributed by atoms with van der Waals surface area (Å²) < 4.78 is 0. The van der Waals surface area contributed by atoms with Crippen LogP contribution in [-0.2, 0) is 6.54 Å². The second kappa shape index (κ2) is 9.65. The van der Waals surface area contributed by atoms with Crippen LogP contribution >= 0.6 is 0 Å². The molecule has 2 aliphatic rings. The topological polar surface area (TPSA) is 43.9 Å². The molecule has 2 amide bonds. The summed E-state index contributed by atoms with van der Waals surface area (Å²) in [5.41, 5.74) is 4.03. The summed E-state index contributed by atoms with van der Waals surface area (Å²) in [4.78, 5) is 31.6. The largest absolute Gasteiger partial charge is 0.339 e. The number of carbonyl (C=O) groups is 2. The lowest BCUT2D eigenvalue weighted by Gasteiger charge is -2.35. The van der Waals surface area contributed by atoms with E-state index in [-0.39, 0.29) is 11.8 Å². The lowest BCUT2D eigenvalue weighted by atomic mass is 10.0. The maximum absolute atomic E-state index is 12.8. The molecule has 0 bridgehead atoms. The van der Waals surface area contributed by atoms with Gasteiger partial charge in [-0.1, -0.05) is 38.1 Å². The number of benzene rings is 2. The average molecular weight is 420 g/mol. The van der Waals surface area contributed by atoms with Gasteiger partial charge in [0.15, 0.2) is 0 Å². The standard InChI is InChI=1S/C26H33N3O2/c1-20(2)22-9-11-24(12-10-22)26(31)29-17-15-27(16-18-29)19-21-5-7-23(8-6-21)25(30)28-13-3-4-14-28/h5-12,20H,3-4,13-19H2,1-2H3. The summed E-state index contributed by atoms with van der Waals surface area (Å²) in [6.45, 7) is 10.2. The van der Waals surface area contributed by atoms with Gasteiger partial charge in [0.25, 0.3) is 11.8 Å². The van der Waals surface area contributed by atoms with Gasteiger partial charge in [0, 0.05) is 56.9 Å². The molecule has 0 unspecified atom stereocenters. The van der Waals surface area contributed by atoms with Crippen LogP contribution in [0.2, 0.25) is 0 Å². The lowest BCUT2D eigenvalue weighted by molar-refractivity contribution is 0.0628. The minimum atomic E-state index is 0.125. The van der Waals surface area contributed by atoms with Crippen LogP contribution in [0, 0.1) is 0 Å². The van der Waals surface area contributed by atoms with Crippen molar-refractivity contribution in [2.75, 3.05) is 39.3 Å². The van der Waals surface area contributed by atoms with E-state index in [4.69, 9.17) is 0 Å². The highest BCUT2D eigenvalue weighted by Gasteiger charge is 2.23. The number of hydrogen-bond acceptors (Lipinski definition) is 3. The minimum absolute atomic E-state index is 0.125. The number of nitrogens with zero attached hydrogens (tertiary/aromatic N) is 3. The van der Waals surface area contributed by atoms with E-state index in [0.717, 1.165) is 69.8 Å². The van der Waals surface area contributed by atoms with Crippen LogP contribution in [0.15, 0.2) is 48.5 Å². The maximum Gasteiger partial charge on any atom is 0.253 e. The number of piperazine rings is 1. The van der Waals surface area contributed by atoms with Gasteiger partial charge in [-0.2, -0.15) is 0 Å². The summed E-state index contributed by atoms with van der Waals surface area (Å²) in [6, 6.07) is 16.1. The molecule has 0 radical (unpaired) electrons. The van der Waals surface area contributed by atoms with Crippen molar-refractivity contribution in [1.82, 2.24) is 14.7 Å². The molecule has 0 saturated carbocycles. The molecule has 5 heteroatoms. The summed E-state index contributed by atoms with van der Waals surface area (Å²) in [7, 11) is 0. The Morgan fingerprint density at radius 1 is 0.710 bits per heavy atom. The maximum atomic E-state index is 12.8. The van der Waals surface area contributed by atoms with Crippen LogP contribution in [-0.4, -0.2) is 65.8 Å². The van der Waals surface area contributed by atoms with Crippen molar-refractivity contribution in [1.29, 1.82) is 0 Å². The van der Waals surface area contributed by atoms with Crippen LogP contribution in [0.4, 0.5) is 0 Å². The fraction of sp³-hybridized carbons (Fsp3) is 0.462. The minimum Gasteiger partial charge on any atom is -0.339 e. The molecule has 0 atom stereocenters. The van der Waals surface area contributed by atoms with Crippen LogP contribution in [0.1, 0.15) is 64.4 Å². The molecule has 0 aliphatic carbocycles. The monoisotopic (exact) mass is 419 g/mol. The van der Waals surface area contributed by atoms with Crippen molar-refractivity contribution in [2.24, 2.45) is 0 Å². The quantitative estimate of drug-likeness (QED) is 0.736. The average Bonchev–Trinajstić information content (AvgIpc) is 3.34. The predicted octanol–water partition coefficient (Wildman–Crippen LogP) is 4.00. The van der Waals surface area contributed by atoms with Crippen molar-refractivity contribution in [3.05, 3.63) is 70.8 Å². The molecule has 31 heavy (non-hydrogen) atoms. The van der Waals surface area contributed by atoms with Gasteiger partial charge in [0.2, 0.25) is 0 Å². The van der Waals surface area contributed by atoms with E-state index >= 15 is 0 Å². The Bertz CT molecular complexity index is 891. The SMILES string of the molecule is CC(C)c1ccc(C(=O)N2CCN(Cc3ccc(C(=O)N4CCCC4)cc3)CC2)cc1. The van der Waals surface area contributed by atoms with Crippen LogP contribution < -0.4 is 0 Å². The van der Waals surface area contributed by atoms with Crippen molar-refractivity contribution < 1.29 is 9.59 Å². The second-order valence-corrected chi connectivity index (χ2v) is 9.04. The normalized spacial score (nSPS) is 17.4.